The molecule has 0 saturated heterocycles. The number of hydrogen-bond acceptors (Lipinski definition) is 6. The Bertz CT molecular complexity index is 562. The van der Waals surface area contributed by atoms with Gasteiger partial charge in [0.15, 0.2) is 0 Å². The lowest BCUT2D eigenvalue weighted by molar-refractivity contribution is 0.547. The highest BCUT2D eigenvalue weighted by molar-refractivity contribution is 5.57. The summed E-state index contributed by atoms with van der Waals surface area (Å²) in [7, 11) is 0. The molecule has 0 bridgehead atoms. The van der Waals surface area contributed by atoms with E-state index in [2.05, 4.69) is 24.0 Å². The van der Waals surface area contributed by atoms with Gasteiger partial charge in [-0.25, -0.2) is 9.36 Å². The summed E-state index contributed by atoms with van der Waals surface area (Å²) in [6.45, 7) is 6.15. The Labute approximate surface area is 156 Å². The quantitative estimate of drug-likeness (QED) is 0.477. The van der Waals surface area contributed by atoms with Crippen LogP contribution in [0.4, 0.5) is 23.0 Å². The molecule has 0 aliphatic heterocycles. The minimum absolute atomic E-state index is 0.579. The molecule has 0 radical (unpaired) electrons. The fourth-order valence-corrected chi connectivity index (χ4v) is 2.55. The maximum atomic E-state index is 5.69. The molecule has 0 spiro atoms. The molecular formula is C18H36N8. The van der Waals surface area contributed by atoms with E-state index in [0.717, 1.165) is 25.9 Å². The minimum atomic E-state index is 0.579. The zero-order valence-electron chi connectivity index (χ0n) is 16.3. The lowest BCUT2D eigenvalue weighted by Crippen LogP contribution is -2.05. The molecule has 0 atom stereocenters. The van der Waals surface area contributed by atoms with Gasteiger partial charge in [0.05, 0.1) is 23.8 Å². The van der Waals surface area contributed by atoms with E-state index in [1.807, 2.05) is 0 Å². The molecule has 0 saturated carbocycles. The second-order valence-corrected chi connectivity index (χ2v) is 6.54. The van der Waals surface area contributed by atoms with Crippen LogP contribution in [0.15, 0.2) is 12.4 Å². The largest absolute Gasteiger partial charge is 0.394 e. The first-order chi connectivity index (χ1) is 12.5. The molecule has 0 aliphatic carbocycles. The summed E-state index contributed by atoms with van der Waals surface area (Å²) in [5, 5.41) is 8.16. The number of rotatable bonds is 10. The van der Waals surface area contributed by atoms with Crippen LogP contribution in [-0.4, -0.2) is 19.6 Å². The molecule has 0 aromatic carbocycles. The molecule has 8 N–H and O–H groups in total. The Hall–Kier alpha value is -2.38. The van der Waals surface area contributed by atoms with Gasteiger partial charge in [-0.2, -0.15) is 10.2 Å². The summed E-state index contributed by atoms with van der Waals surface area (Å²) in [5.74, 6) is 1.19. The van der Waals surface area contributed by atoms with Crippen molar-refractivity contribution in [2.24, 2.45) is 0 Å². The van der Waals surface area contributed by atoms with Crippen molar-refractivity contribution in [2.75, 3.05) is 22.9 Å². The van der Waals surface area contributed by atoms with E-state index in [9.17, 15) is 0 Å². The number of aromatic nitrogens is 4. The van der Waals surface area contributed by atoms with Gasteiger partial charge in [0.25, 0.3) is 0 Å². The van der Waals surface area contributed by atoms with Crippen molar-refractivity contribution in [3.05, 3.63) is 12.4 Å². The summed E-state index contributed by atoms with van der Waals surface area (Å²) >= 11 is 0. The Balaban J connectivity index is 0.000000260. The average molecular weight is 365 g/mol. The van der Waals surface area contributed by atoms with E-state index in [-0.39, 0.29) is 0 Å². The first-order valence-electron chi connectivity index (χ1n) is 9.64. The first-order valence-corrected chi connectivity index (χ1v) is 9.64. The van der Waals surface area contributed by atoms with Crippen molar-refractivity contribution in [3.8, 4) is 0 Å². The summed E-state index contributed by atoms with van der Waals surface area (Å²) in [6, 6.07) is 0. The molecule has 0 aliphatic rings. The third-order valence-corrected chi connectivity index (χ3v) is 4.27. The van der Waals surface area contributed by atoms with Gasteiger partial charge >= 0.3 is 0 Å². The van der Waals surface area contributed by atoms with Crippen LogP contribution >= 0.6 is 0 Å². The van der Waals surface area contributed by atoms with Gasteiger partial charge < -0.3 is 22.9 Å². The van der Waals surface area contributed by atoms with Crippen LogP contribution in [0.25, 0.3) is 0 Å². The van der Waals surface area contributed by atoms with Crippen molar-refractivity contribution in [1.29, 1.82) is 0 Å². The molecule has 0 unspecified atom stereocenters. The van der Waals surface area contributed by atoms with E-state index in [4.69, 9.17) is 22.9 Å². The summed E-state index contributed by atoms with van der Waals surface area (Å²) < 4.78 is 3.54. The monoisotopic (exact) mass is 364 g/mol. The van der Waals surface area contributed by atoms with E-state index in [0.29, 0.717) is 23.0 Å². The van der Waals surface area contributed by atoms with Crippen LogP contribution < -0.4 is 22.9 Å². The predicted molar refractivity (Wildman–Crippen MR) is 110 cm³/mol. The minimum Gasteiger partial charge on any atom is -0.394 e. The Kier molecular flexibility index (Phi) is 10.0. The van der Waals surface area contributed by atoms with Crippen LogP contribution in [0.1, 0.15) is 65.2 Å². The molecular weight excluding hydrogens is 328 g/mol. The highest BCUT2D eigenvalue weighted by atomic mass is 15.3. The first kappa shape index (κ1) is 21.7. The Morgan fingerprint density at radius 2 is 1.04 bits per heavy atom. The van der Waals surface area contributed by atoms with Crippen molar-refractivity contribution in [2.45, 2.75) is 78.3 Å². The van der Waals surface area contributed by atoms with E-state index in [1.54, 1.807) is 21.8 Å². The Morgan fingerprint density at radius 3 is 1.31 bits per heavy atom. The summed E-state index contributed by atoms with van der Waals surface area (Å²) in [6.07, 6.45) is 13.0. The number of anilines is 4. The SMILES string of the molecule is CCCCCCn1ncc(N)c1N.CCCCCCn1ncc(N)c1N. The van der Waals surface area contributed by atoms with E-state index in [1.165, 1.54) is 38.5 Å². The van der Waals surface area contributed by atoms with Gasteiger partial charge in [-0.05, 0) is 12.8 Å². The number of hydrogen-bond donors (Lipinski definition) is 4. The average Bonchev–Trinajstić information content (AvgIpc) is 3.13. The molecule has 148 valence electrons. The second kappa shape index (κ2) is 12.1. The maximum absolute atomic E-state index is 5.69. The smallest absolute Gasteiger partial charge is 0.145 e. The van der Waals surface area contributed by atoms with Crippen LogP contribution in [0.3, 0.4) is 0 Å². The highest BCUT2D eigenvalue weighted by Gasteiger charge is 2.03. The summed E-state index contributed by atoms with van der Waals surface area (Å²) in [4.78, 5) is 0. The number of nitrogens with zero attached hydrogens (tertiary/aromatic N) is 4. The standard InChI is InChI=1S/2C9H18N4/c2*1-2-3-4-5-6-13-9(11)8(10)7-12-13/h2*7H,2-6,10-11H2,1H3. The van der Waals surface area contributed by atoms with Gasteiger partial charge in [-0.3, -0.25) is 0 Å². The topological polar surface area (TPSA) is 140 Å². The molecule has 8 nitrogen and oxygen atoms in total. The maximum Gasteiger partial charge on any atom is 0.145 e. The fraction of sp³-hybridized carbons (Fsp3) is 0.667. The number of unbranched alkanes of at least 4 members (excludes halogenated alkanes) is 6. The Morgan fingerprint density at radius 1 is 0.654 bits per heavy atom. The normalized spacial score (nSPS) is 10.5. The molecule has 26 heavy (non-hydrogen) atoms. The van der Waals surface area contributed by atoms with Gasteiger partial charge in [-0.1, -0.05) is 52.4 Å². The van der Waals surface area contributed by atoms with Crippen LogP contribution in [-0.2, 0) is 13.1 Å². The van der Waals surface area contributed by atoms with Crippen molar-refractivity contribution in [3.63, 3.8) is 0 Å². The molecule has 2 heterocycles. The zero-order valence-corrected chi connectivity index (χ0v) is 16.3. The van der Waals surface area contributed by atoms with Crippen molar-refractivity contribution < 1.29 is 0 Å². The number of aryl methyl sites for hydroxylation is 2. The lowest BCUT2D eigenvalue weighted by atomic mass is 10.2. The molecule has 2 aromatic rings. The van der Waals surface area contributed by atoms with Crippen molar-refractivity contribution in [1.82, 2.24) is 19.6 Å². The van der Waals surface area contributed by atoms with E-state index < -0.39 is 0 Å². The third kappa shape index (κ3) is 7.25. The van der Waals surface area contributed by atoms with E-state index >= 15 is 0 Å². The fourth-order valence-electron chi connectivity index (χ4n) is 2.55. The van der Waals surface area contributed by atoms with Crippen LogP contribution in [0.2, 0.25) is 0 Å². The second-order valence-electron chi connectivity index (χ2n) is 6.54. The van der Waals surface area contributed by atoms with Crippen LogP contribution in [0.5, 0.6) is 0 Å². The molecule has 0 fully saturated rings. The summed E-state index contributed by atoms with van der Waals surface area (Å²) in [5.41, 5.74) is 23.7. The van der Waals surface area contributed by atoms with Gasteiger partial charge in [0.2, 0.25) is 0 Å². The zero-order chi connectivity index (χ0) is 19.4. The predicted octanol–water partition coefficient (Wildman–Crippen LogP) is 3.26. The third-order valence-electron chi connectivity index (χ3n) is 4.27. The highest BCUT2D eigenvalue weighted by Crippen LogP contribution is 2.14. The van der Waals surface area contributed by atoms with Crippen LogP contribution in [0, 0.1) is 0 Å². The molecule has 0 amide bonds. The molecule has 2 aromatic heterocycles. The number of nitrogen functional groups attached to an aromatic ring is 4. The lowest BCUT2D eigenvalue weighted by Gasteiger charge is -2.03. The molecule has 2 rings (SSSR count). The number of nitrogens with two attached hydrogens (primary N) is 4. The van der Waals surface area contributed by atoms with Gasteiger partial charge in [-0.15, -0.1) is 0 Å². The van der Waals surface area contributed by atoms with Crippen molar-refractivity contribution >= 4 is 23.0 Å². The van der Waals surface area contributed by atoms with Gasteiger partial charge in [0.1, 0.15) is 11.6 Å². The molecule has 8 heteroatoms. The van der Waals surface area contributed by atoms with Gasteiger partial charge in [0, 0.05) is 13.1 Å².